The van der Waals surface area contributed by atoms with Crippen molar-refractivity contribution in [3.8, 4) is 0 Å². The summed E-state index contributed by atoms with van der Waals surface area (Å²) in [5.41, 5.74) is 7.57. The SMILES string of the molecule is Cc1cc(N)c(C(=O)NC(C)CCC(C)C)cn1. The fourth-order valence-electron chi connectivity index (χ4n) is 1.73. The van der Waals surface area contributed by atoms with Gasteiger partial charge in [0.1, 0.15) is 0 Å². The second kappa shape index (κ2) is 6.38. The van der Waals surface area contributed by atoms with Gasteiger partial charge in [-0.25, -0.2) is 0 Å². The molecule has 0 aliphatic rings. The molecule has 100 valence electrons. The Bertz CT molecular complexity index is 416. The fraction of sp³-hybridized carbons (Fsp3) is 0.571. The molecule has 4 heteroatoms. The third kappa shape index (κ3) is 4.35. The average molecular weight is 249 g/mol. The standard InChI is InChI=1S/C14H23N3O/c1-9(2)5-6-10(3)17-14(18)12-8-16-11(4)7-13(12)15/h7-10H,5-6H2,1-4H3,(H2,15,16)(H,17,18). The third-order valence-electron chi connectivity index (χ3n) is 2.87. The van der Waals surface area contributed by atoms with E-state index in [1.807, 2.05) is 13.8 Å². The van der Waals surface area contributed by atoms with Crippen molar-refractivity contribution in [3.05, 3.63) is 23.5 Å². The number of hydrogen-bond acceptors (Lipinski definition) is 3. The van der Waals surface area contributed by atoms with E-state index in [1.165, 1.54) is 6.20 Å². The van der Waals surface area contributed by atoms with Gasteiger partial charge in [0.05, 0.1) is 5.56 Å². The number of amides is 1. The van der Waals surface area contributed by atoms with Crippen LogP contribution in [0.3, 0.4) is 0 Å². The van der Waals surface area contributed by atoms with Crippen molar-refractivity contribution in [2.24, 2.45) is 5.92 Å². The van der Waals surface area contributed by atoms with E-state index in [-0.39, 0.29) is 11.9 Å². The van der Waals surface area contributed by atoms with Crippen LogP contribution in [0.15, 0.2) is 12.3 Å². The first-order valence-corrected chi connectivity index (χ1v) is 6.43. The maximum Gasteiger partial charge on any atom is 0.255 e. The van der Waals surface area contributed by atoms with Crippen molar-refractivity contribution in [1.82, 2.24) is 10.3 Å². The summed E-state index contributed by atoms with van der Waals surface area (Å²) in [7, 11) is 0. The van der Waals surface area contributed by atoms with Crippen LogP contribution in [-0.4, -0.2) is 16.9 Å². The molecule has 0 bridgehead atoms. The van der Waals surface area contributed by atoms with Gasteiger partial charge in [0.25, 0.3) is 5.91 Å². The molecule has 0 aromatic carbocycles. The quantitative estimate of drug-likeness (QED) is 0.842. The molecule has 0 saturated carbocycles. The van der Waals surface area contributed by atoms with E-state index in [9.17, 15) is 4.79 Å². The summed E-state index contributed by atoms with van der Waals surface area (Å²) < 4.78 is 0. The zero-order chi connectivity index (χ0) is 13.7. The molecule has 0 fully saturated rings. The van der Waals surface area contributed by atoms with E-state index in [0.29, 0.717) is 17.2 Å². The highest BCUT2D eigenvalue weighted by atomic mass is 16.1. The molecule has 1 amide bonds. The van der Waals surface area contributed by atoms with Crippen LogP contribution in [0.4, 0.5) is 5.69 Å². The van der Waals surface area contributed by atoms with E-state index < -0.39 is 0 Å². The van der Waals surface area contributed by atoms with Gasteiger partial charge < -0.3 is 11.1 Å². The lowest BCUT2D eigenvalue weighted by Crippen LogP contribution is -2.33. The number of carbonyl (C=O) groups is 1. The monoisotopic (exact) mass is 249 g/mol. The summed E-state index contributed by atoms with van der Waals surface area (Å²) in [5.74, 6) is 0.506. The number of nitrogen functional groups attached to an aromatic ring is 1. The van der Waals surface area contributed by atoms with Gasteiger partial charge in [0, 0.05) is 23.6 Å². The first-order chi connectivity index (χ1) is 8.40. The summed E-state index contributed by atoms with van der Waals surface area (Å²) >= 11 is 0. The number of pyridine rings is 1. The van der Waals surface area contributed by atoms with E-state index in [4.69, 9.17) is 5.73 Å². The number of aromatic nitrogens is 1. The molecule has 1 rings (SSSR count). The van der Waals surface area contributed by atoms with E-state index in [2.05, 4.69) is 24.1 Å². The van der Waals surface area contributed by atoms with E-state index in [1.54, 1.807) is 6.07 Å². The van der Waals surface area contributed by atoms with Crippen LogP contribution in [0.1, 0.15) is 49.7 Å². The number of aryl methyl sites for hydroxylation is 1. The molecule has 0 spiro atoms. The van der Waals surface area contributed by atoms with Crippen LogP contribution >= 0.6 is 0 Å². The Hall–Kier alpha value is -1.58. The van der Waals surface area contributed by atoms with Crippen molar-refractivity contribution in [2.75, 3.05) is 5.73 Å². The zero-order valence-corrected chi connectivity index (χ0v) is 11.7. The minimum absolute atomic E-state index is 0.142. The lowest BCUT2D eigenvalue weighted by atomic mass is 10.0. The van der Waals surface area contributed by atoms with Crippen molar-refractivity contribution in [1.29, 1.82) is 0 Å². The predicted octanol–water partition coefficient (Wildman–Crippen LogP) is 2.53. The Balaban J connectivity index is 2.59. The highest BCUT2D eigenvalue weighted by Gasteiger charge is 2.13. The van der Waals surface area contributed by atoms with Gasteiger partial charge in [-0.3, -0.25) is 9.78 Å². The molecule has 4 nitrogen and oxygen atoms in total. The van der Waals surface area contributed by atoms with Crippen LogP contribution in [0, 0.1) is 12.8 Å². The fourth-order valence-corrected chi connectivity index (χ4v) is 1.73. The van der Waals surface area contributed by atoms with Crippen molar-refractivity contribution >= 4 is 11.6 Å². The molecule has 1 heterocycles. The minimum atomic E-state index is -0.142. The smallest absolute Gasteiger partial charge is 0.255 e. The second-order valence-electron chi connectivity index (χ2n) is 5.26. The lowest BCUT2D eigenvalue weighted by Gasteiger charge is -2.15. The van der Waals surface area contributed by atoms with Gasteiger partial charge in [-0.1, -0.05) is 13.8 Å². The summed E-state index contributed by atoms with van der Waals surface area (Å²) in [6, 6.07) is 1.87. The van der Waals surface area contributed by atoms with Gasteiger partial charge in [-0.15, -0.1) is 0 Å². The topological polar surface area (TPSA) is 68.0 Å². The minimum Gasteiger partial charge on any atom is -0.398 e. The Morgan fingerprint density at radius 1 is 1.39 bits per heavy atom. The number of anilines is 1. The summed E-state index contributed by atoms with van der Waals surface area (Å²) in [6.07, 6.45) is 3.61. The van der Waals surface area contributed by atoms with Gasteiger partial charge in [0.2, 0.25) is 0 Å². The number of nitrogens with two attached hydrogens (primary N) is 1. The number of hydrogen-bond donors (Lipinski definition) is 2. The molecule has 18 heavy (non-hydrogen) atoms. The third-order valence-corrected chi connectivity index (χ3v) is 2.87. The molecular weight excluding hydrogens is 226 g/mol. The van der Waals surface area contributed by atoms with Crippen LogP contribution in [-0.2, 0) is 0 Å². The van der Waals surface area contributed by atoms with Gasteiger partial charge >= 0.3 is 0 Å². The molecular formula is C14H23N3O. The second-order valence-corrected chi connectivity index (χ2v) is 5.26. The van der Waals surface area contributed by atoms with Crippen molar-refractivity contribution in [2.45, 2.75) is 46.6 Å². The molecule has 0 aliphatic carbocycles. The van der Waals surface area contributed by atoms with E-state index in [0.717, 1.165) is 18.5 Å². The number of nitrogens with zero attached hydrogens (tertiary/aromatic N) is 1. The Morgan fingerprint density at radius 3 is 2.61 bits per heavy atom. The molecule has 1 unspecified atom stereocenters. The summed E-state index contributed by atoms with van der Waals surface area (Å²) in [4.78, 5) is 16.1. The predicted molar refractivity (Wildman–Crippen MR) is 74.4 cm³/mol. The molecule has 0 radical (unpaired) electrons. The van der Waals surface area contributed by atoms with Crippen LogP contribution in [0.2, 0.25) is 0 Å². The number of rotatable bonds is 5. The highest BCUT2D eigenvalue weighted by molar-refractivity contribution is 5.98. The molecule has 1 atom stereocenters. The summed E-state index contributed by atoms with van der Waals surface area (Å²) in [5, 5.41) is 2.95. The van der Waals surface area contributed by atoms with Gasteiger partial charge in [-0.2, -0.15) is 0 Å². The Morgan fingerprint density at radius 2 is 2.06 bits per heavy atom. The Labute approximate surface area is 109 Å². The van der Waals surface area contributed by atoms with Crippen molar-refractivity contribution in [3.63, 3.8) is 0 Å². The van der Waals surface area contributed by atoms with Crippen LogP contribution < -0.4 is 11.1 Å². The maximum atomic E-state index is 12.0. The van der Waals surface area contributed by atoms with E-state index >= 15 is 0 Å². The summed E-state index contributed by atoms with van der Waals surface area (Å²) in [6.45, 7) is 8.22. The lowest BCUT2D eigenvalue weighted by molar-refractivity contribution is 0.0938. The zero-order valence-electron chi connectivity index (χ0n) is 11.7. The number of carbonyl (C=O) groups excluding carboxylic acids is 1. The Kier molecular flexibility index (Phi) is 5.13. The highest BCUT2D eigenvalue weighted by Crippen LogP contribution is 2.12. The normalized spacial score (nSPS) is 12.5. The molecule has 3 N–H and O–H groups in total. The first kappa shape index (κ1) is 14.5. The van der Waals surface area contributed by atoms with Crippen molar-refractivity contribution < 1.29 is 4.79 Å². The van der Waals surface area contributed by atoms with Gasteiger partial charge in [-0.05, 0) is 38.7 Å². The molecule has 0 aliphatic heterocycles. The average Bonchev–Trinajstić information content (AvgIpc) is 2.26. The molecule has 0 saturated heterocycles. The largest absolute Gasteiger partial charge is 0.398 e. The van der Waals surface area contributed by atoms with Crippen LogP contribution in [0.5, 0.6) is 0 Å². The maximum absolute atomic E-state index is 12.0. The first-order valence-electron chi connectivity index (χ1n) is 6.43. The number of nitrogens with one attached hydrogen (secondary N) is 1. The van der Waals surface area contributed by atoms with Gasteiger partial charge in [0.15, 0.2) is 0 Å². The molecule has 1 aromatic rings. The van der Waals surface area contributed by atoms with Crippen LogP contribution in [0.25, 0.3) is 0 Å². The molecule has 1 aromatic heterocycles.